The highest BCUT2D eigenvalue weighted by Crippen LogP contribution is 2.44. The monoisotopic (exact) mass is 417 g/mol. The third-order valence-electron chi connectivity index (χ3n) is 6.45. The number of fused-ring (bicyclic) bond motifs is 3. The number of nitrogens with zero attached hydrogens (tertiary/aromatic N) is 4. The maximum atomic E-state index is 13.3. The van der Waals surface area contributed by atoms with Gasteiger partial charge in [-0.15, -0.1) is 12.4 Å². The molecule has 1 saturated carbocycles. The molecular formula is C20H24ClN5O3. The predicted octanol–water partition coefficient (Wildman–Crippen LogP) is 2.72. The van der Waals surface area contributed by atoms with Gasteiger partial charge in [0.25, 0.3) is 5.91 Å². The summed E-state index contributed by atoms with van der Waals surface area (Å²) in [5, 5.41) is 4.10. The van der Waals surface area contributed by atoms with Gasteiger partial charge >= 0.3 is 0 Å². The van der Waals surface area contributed by atoms with Crippen molar-refractivity contribution < 1.29 is 14.1 Å². The Balaban J connectivity index is 0.00000205. The molecule has 1 atom stereocenters. The zero-order chi connectivity index (χ0) is 19.5. The first kappa shape index (κ1) is 19.8. The Kier molecular flexibility index (Phi) is 4.66. The number of hydrogen-bond acceptors (Lipinski definition) is 6. The molecule has 0 radical (unpaired) electrons. The van der Waals surface area contributed by atoms with Crippen molar-refractivity contribution in [3.8, 4) is 0 Å². The number of hydrogen-bond donors (Lipinski definition) is 1. The predicted molar refractivity (Wildman–Crippen MR) is 107 cm³/mol. The van der Waals surface area contributed by atoms with Crippen molar-refractivity contribution in [1.82, 2.24) is 15.0 Å². The molecule has 1 aromatic heterocycles. The lowest BCUT2D eigenvalue weighted by Gasteiger charge is -2.48. The lowest BCUT2D eigenvalue weighted by Crippen LogP contribution is -2.61. The topological polar surface area (TPSA) is 106 Å². The van der Waals surface area contributed by atoms with E-state index in [0.717, 1.165) is 25.7 Å². The number of rotatable bonds is 3. The van der Waals surface area contributed by atoms with Gasteiger partial charge in [-0.25, -0.2) is 0 Å². The van der Waals surface area contributed by atoms with Crippen LogP contribution in [0.5, 0.6) is 0 Å². The van der Waals surface area contributed by atoms with Crippen LogP contribution in [0.3, 0.4) is 0 Å². The number of halogens is 1. The molecule has 2 N–H and O–H groups in total. The zero-order valence-electron chi connectivity index (χ0n) is 16.3. The molecule has 3 heterocycles. The molecule has 0 spiro atoms. The molecular weight excluding hydrogens is 394 g/mol. The molecule has 2 aliphatic heterocycles. The second-order valence-electron chi connectivity index (χ2n) is 8.23. The average Bonchev–Trinajstić information content (AvgIpc) is 3.40. The minimum Gasteiger partial charge on any atom is -0.337 e. The molecule has 2 fully saturated rings. The molecule has 2 aromatic rings. The maximum absolute atomic E-state index is 13.3. The summed E-state index contributed by atoms with van der Waals surface area (Å²) in [6, 6.07) is 7.24. The van der Waals surface area contributed by atoms with Crippen LogP contribution < -0.4 is 10.6 Å². The fourth-order valence-electron chi connectivity index (χ4n) is 4.83. The summed E-state index contributed by atoms with van der Waals surface area (Å²) in [5.41, 5.74) is 6.33. The first-order valence-electron chi connectivity index (χ1n) is 9.78. The van der Waals surface area contributed by atoms with Crippen LogP contribution in [-0.4, -0.2) is 32.5 Å². The highest BCUT2D eigenvalue weighted by atomic mass is 35.5. The van der Waals surface area contributed by atoms with Gasteiger partial charge in [-0.05, 0) is 38.3 Å². The molecule has 5 rings (SSSR count). The van der Waals surface area contributed by atoms with E-state index >= 15 is 0 Å². The highest BCUT2D eigenvalue weighted by molar-refractivity contribution is 6.10. The van der Waals surface area contributed by atoms with Gasteiger partial charge in [0.15, 0.2) is 5.82 Å². The minimum atomic E-state index is -0.745. The summed E-state index contributed by atoms with van der Waals surface area (Å²) in [6.07, 6.45) is 4.74. The van der Waals surface area contributed by atoms with Gasteiger partial charge in [-0.1, -0.05) is 30.1 Å². The third kappa shape index (κ3) is 2.85. The molecule has 2 amide bonds. The average molecular weight is 418 g/mol. The van der Waals surface area contributed by atoms with Crippen molar-refractivity contribution in [2.24, 2.45) is 5.73 Å². The first-order chi connectivity index (χ1) is 13.4. The second kappa shape index (κ2) is 6.81. The number of aromatic nitrogens is 2. The molecule has 1 saturated heterocycles. The van der Waals surface area contributed by atoms with Crippen LogP contribution in [0.2, 0.25) is 0 Å². The maximum Gasteiger partial charge on any atom is 0.258 e. The fourth-order valence-corrected chi connectivity index (χ4v) is 4.83. The summed E-state index contributed by atoms with van der Waals surface area (Å²) in [4.78, 5) is 33.8. The van der Waals surface area contributed by atoms with Gasteiger partial charge < -0.3 is 15.2 Å². The van der Waals surface area contributed by atoms with Crippen LogP contribution in [0.25, 0.3) is 0 Å². The summed E-state index contributed by atoms with van der Waals surface area (Å²) in [6.45, 7) is 2.07. The molecule has 1 unspecified atom stereocenters. The van der Waals surface area contributed by atoms with Gasteiger partial charge in [-0.2, -0.15) is 4.98 Å². The zero-order valence-corrected chi connectivity index (χ0v) is 17.1. The van der Waals surface area contributed by atoms with Crippen molar-refractivity contribution in [2.45, 2.75) is 63.2 Å². The Morgan fingerprint density at radius 2 is 1.90 bits per heavy atom. The van der Waals surface area contributed by atoms with E-state index in [4.69, 9.17) is 10.3 Å². The molecule has 3 aliphatic rings. The van der Waals surface area contributed by atoms with Gasteiger partial charge in [0, 0.05) is 6.42 Å². The number of carbonyl (C=O) groups is 2. The summed E-state index contributed by atoms with van der Waals surface area (Å²) in [7, 11) is 0. The molecule has 9 heteroatoms. The Morgan fingerprint density at radius 3 is 2.66 bits per heavy atom. The van der Waals surface area contributed by atoms with Crippen LogP contribution in [0, 0.1) is 0 Å². The van der Waals surface area contributed by atoms with Gasteiger partial charge in [0.1, 0.15) is 12.2 Å². The van der Waals surface area contributed by atoms with Crippen molar-refractivity contribution in [3.05, 3.63) is 41.5 Å². The van der Waals surface area contributed by atoms with E-state index in [-0.39, 0.29) is 30.8 Å². The largest absolute Gasteiger partial charge is 0.337 e. The van der Waals surface area contributed by atoms with E-state index in [0.29, 0.717) is 35.8 Å². The lowest BCUT2D eigenvalue weighted by atomic mass is 9.98. The number of para-hydroxylation sites is 1. The smallest absolute Gasteiger partial charge is 0.258 e. The number of anilines is 1. The lowest BCUT2D eigenvalue weighted by molar-refractivity contribution is -0.117. The summed E-state index contributed by atoms with van der Waals surface area (Å²) >= 11 is 0. The van der Waals surface area contributed by atoms with Gasteiger partial charge in [-0.3, -0.25) is 14.5 Å². The van der Waals surface area contributed by atoms with E-state index < -0.39 is 11.2 Å². The molecule has 29 heavy (non-hydrogen) atoms. The van der Waals surface area contributed by atoms with Crippen LogP contribution in [-0.2, 0) is 16.9 Å². The Hall–Kier alpha value is -2.45. The van der Waals surface area contributed by atoms with Crippen LogP contribution >= 0.6 is 12.4 Å². The third-order valence-corrected chi connectivity index (χ3v) is 6.45. The van der Waals surface area contributed by atoms with E-state index in [1.54, 1.807) is 21.9 Å². The van der Waals surface area contributed by atoms with E-state index in [9.17, 15) is 9.59 Å². The molecule has 1 aromatic carbocycles. The van der Waals surface area contributed by atoms with Crippen molar-refractivity contribution in [3.63, 3.8) is 0 Å². The number of amides is 2. The number of nitrogens with two attached hydrogens (primary N) is 1. The van der Waals surface area contributed by atoms with Gasteiger partial charge in [0.2, 0.25) is 11.8 Å². The van der Waals surface area contributed by atoms with E-state index in [2.05, 4.69) is 10.1 Å². The van der Waals surface area contributed by atoms with Crippen LogP contribution in [0.4, 0.5) is 5.69 Å². The molecule has 1 aliphatic carbocycles. The molecule has 0 bridgehead atoms. The quantitative estimate of drug-likeness (QED) is 0.823. The Bertz CT molecular complexity index is 971. The van der Waals surface area contributed by atoms with E-state index in [1.165, 1.54) is 0 Å². The normalized spacial score (nSPS) is 25.0. The Labute approximate surface area is 174 Å². The standard InChI is InChI=1S/C20H23N5O3.ClH/c1-19-11-8-16(26)25(19)14-7-3-2-6-13(14)17(27)24(19)12-15-22-18(23-28-15)20(21)9-4-5-10-20;/h2-3,6-7H,4-5,8-12,21H2,1H3;1H. The van der Waals surface area contributed by atoms with Crippen molar-refractivity contribution >= 4 is 29.9 Å². The number of benzene rings is 1. The van der Waals surface area contributed by atoms with Crippen LogP contribution in [0.15, 0.2) is 28.8 Å². The molecule has 8 nitrogen and oxygen atoms in total. The van der Waals surface area contributed by atoms with Crippen molar-refractivity contribution in [1.29, 1.82) is 0 Å². The minimum absolute atomic E-state index is 0. The number of carbonyl (C=O) groups excluding carboxylic acids is 2. The SMILES string of the molecule is CC12CCC(=O)N1c1ccccc1C(=O)N2Cc1nc(C2(N)CCCC2)no1.Cl. The second-order valence-corrected chi connectivity index (χ2v) is 8.23. The highest BCUT2D eigenvalue weighted by Gasteiger charge is 2.53. The van der Waals surface area contributed by atoms with E-state index in [1.807, 2.05) is 19.1 Å². The van der Waals surface area contributed by atoms with Crippen molar-refractivity contribution in [2.75, 3.05) is 4.90 Å². The summed E-state index contributed by atoms with van der Waals surface area (Å²) < 4.78 is 5.46. The Morgan fingerprint density at radius 1 is 1.17 bits per heavy atom. The first-order valence-corrected chi connectivity index (χ1v) is 9.78. The van der Waals surface area contributed by atoms with Crippen LogP contribution in [0.1, 0.15) is 67.5 Å². The summed E-state index contributed by atoms with van der Waals surface area (Å²) in [5.74, 6) is 0.743. The fraction of sp³-hybridized carbons (Fsp3) is 0.500. The molecule has 154 valence electrons. The van der Waals surface area contributed by atoms with Gasteiger partial charge in [0.05, 0.1) is 16.8 Å².